The number of carbonyl (C=O) groups is 1. The molecule has 2 heterocycles. The van der Waals surface area contributed by atoms with Crippen LogP contribution in [0.5, 0.6) is 0 Å². The van der Waals surface area contributed by atoms with E-state index >= 15 is 0 Å². The Bertz CT molecular complexity index is 987. The number of nitrogens with zero attached hydrogens (tertiary/aromatic N) is 2. The quantitative estimate of drug-likeness (QED) is 0.762. The van der Waals surface area contributed by atoms with E-state index in [-0.39, 0.29) is 12.3 Å². The number of hydrogen-bond donors (Lipinski definition) is 2. The summed E-state index contributed by atoms with van der Waals surface area (Å²) in [4.78, 5) is 14.6. The predicted octanol–water partition coefficient (Wildman–Crippen LogP) is 2.80. The summed E-state index contributed by atoms with van der Waals surface area (Å²) in [6.45, 7) is 2.47. The van der Waals surface area contributed by atoms with E-state index in [0.29, 0.717) is 6.54 Å². The van der Waals surface area contributed by atoms with Gasteiger partial charge in [0.15, 0.2) is 0 Å². The summed E-state index contributed by atoms with van der Waals surface area (Å²) in [6.07, 6.45) is 3.02. The minimum atomic E-state index is -3.48. The van der Waals surface area contributed by atoms with Crippen molar-refractivity contribution in [1.82, 2.24) is 5.32 Å². The average molecular weight is 415 g/mol. The molecular weight excluding hydrogens is 388 g/mol. The van der Waals surface area contributed by atoms with E-state index < -0.39 is 16.1 Å². The van der Waals surface area contributed by atoms with Crippen LogP contribution in [-0.2, 0) is 16.4 Å². The fourth-order valence-corrected chi connectivity index (χ4v) is 5.41. The van der Waals surface area contributed by atoms with Crippen LogP contribution in [0.3, 0.4) is 0 Å². The van der Waals surface area contributed by atoms with Gasteiger partial charge in [-0.2, -0.15) is 0 Å². The first-order valence-electron chi connectivity index (χ1n) is 10.0. The molecule has 1 fully saturated rings. The monoisotopic (exact) mass is 414 g/mol. The Labute approximate surface area is 171 Å². The second-order valence-electron chi connectivity index (χ2n) is 7.36. The maximum Gasteiger partial charge on any atom is 0.319 e. The third-order valence-corrected chi connectivity index (χ3v) is 7.20. The van der Waals surface area contributed by atoms with Crippen LogP contribution in [0.4, 0.5) is 21.9 Å². The number of nitrogens with one attached hydrogen (secondary N) is 2. The molecule has 0 atom stereocenters. The molecule has 8 heteroatoms. The summed E-state index contributed by atoms with van der Waals surface area (Å²) in [5.41, 5.74) is 3.53. The number of amides is 2. The van der Waals surface area contributed by atoms with Crippen molar-refractivity contribution in [3.05, 3.63) is 54.1 Å². The molecule has 7 nitrogen and oxygen atoms in total. The van der Waals surface area contributed by atoms with Crippen molar-refractivity contribution in [1.29, 1.82) is 0 Å². The fourth-order valence-electron chi connectivity index (χ4n) is 3.98. The lowest BCUT2D eigenvalue weighted by atomic mass is 10.2. The Balaban J connectivity index is 1.33. The van der Waals surface area contributed by atoms with Gasteiger partial charge in [-0.3, -0.25) is 4.31 Å². The number of para-hydroxylation sites is 3. The highest BCUT2D eigenvalue weighted by Gasteiger charge is 2.28. The van der Waals surface area contributed by atoms with E-state index in [2.05, 4.69) is 15.5 Å². The molecule has 0 aliphatic carbocycles. The lowest BCUT2D eigenvalue weighted by Crippen LogP contribution is -2.38. The molecular formula is C21H26N4O3S. The molecule has 154 valence electrons. The standard InChI is InChI=1S/C21H26N4O3S/c26-21(23-18-8-2-4-10-20(18)24-13-5-6-14-24)22-12-16-29(27,28)25-15-11-17-7-1-3-9-19(17)25/h1-4,7-10H,5-6,11-16H2,(H2,22,23,26). The van der Waals surface area contributed by atoms with Gasteiger partial charge in [-0.05, 0) is 43.0 Å². The second-order valence-corrected chi connectivity index (χ2v) is 9.37. The highest BCUT2D eigenvalue weighted by molar-refractivity contribution is 7.92. The third kappa shape index (κ3) is 4.32. The first-order valence-corrected chi connectivity index (χ1v) is 11.6. The van der Waals surface area contributed by atoms with Gasteiger partial charge in [0.1, 0.15) is 0 Å². The normalized spacial score (nSPS) is 16.0. The minimum Gasteiger partial charge on any atom is -0.370 e. The largest absolute Gasteiger partial charge is 0.370 e. The van der Waals surface area contributed by atoms with Crippen molar-refractivity contribution in [2.45, 2.75) is 19.3 Å². The van der Waals surface area contributed by atoms with Crippen LogP contribution in [0.15, 0.2) is 48.5 Å². The van der Waals surface area contributed by atoms with E-state index in [1.807, 2.05) is 48.5 Å². The predicted molar refractivity (Wildman–Crippen MR) is 116 cm³/mol. The van der Waals surface area contributed by atoms with Crippen molar-refractivity contribution in [2.75, 3.05) is 46.5 Å². The molecule has 2 aliphatic rings. The molecule has 29 heavy (non-hydrogen) atoms. The molecule has 4 rings (SSSR count). The Morgan fingerprint density at radius 3 is 2.41 bits per heavy atom. The Morgan fingerprint density at radius 2 is 1.62 bits per heavy atom. The van der Waals surface area contributed by atoms with Crippen molar-refractivity contribution >= 4 is 33.1 Å². The van der Waals surface area contributed by atoms with Crippen LogP contribution >= 0.6 is 0 Å². The van der Waals surface area contributed by atoms with Gasteiger partial charge in [-0.1, -0.05) is 30.3 Å². The number of carbonyl (C=O) groups excluding carboxylic acids is 1. The van der Waals surface area contributed by atoms with Gasteiger partial charge in [0.25, 0.3) is 0 Å². The maximum atomic E-state index is 12.7. The Kier molecular flexibility index (Phi) is 5.62. The first kappa shape index (κ1) is 19.6. The van der Waals surface area contributed by atoms with Crippen molar-refractivity contribution < 1.29 is 13.2 Å². The summed E-state index contributed by atoms with van der Waals surface area (Å²) in [7, 11) is -3.48. The molecule has 0 aromatic heterocycles. The van der Waals surface area contributed by atoms with Gasteiger partial charge in [-0.15, -0.1) is 0 Å². The van der Waals surface area contributed by atoms with Gasteiger partial charge in [0.2, 0.25) is 10.0 Å². The molecule has 2 aromatic carbocycles. The van der Waals surface area contributed by atoms with E-state index in [4.69, 9.17) is 0 Å². The van der Waals surface area contributed by atoms with E-state index in [0.717, 1.165) is 55.0 Å². The second kappa shape index (κ2) is 8.32. The highest BCUT2D eigenvalue weighted by atomic mass is 32.2. The first-order chi connectivity index (χ1) is 14.0. The van der Waals surface area contributed by atoms with Crippen LogP contribution in [-0.4, -0.2) is 46.4 Å². The fraction of sp³-hybridized carbons (Fsp3) is 0.381. The van der Waals surface area contributed by atoms with E-state index in [9.17, 15) is 13.2 Å². The van der Waals surface area contributed by atoms with Crippen LogP contribution in [0.25, 0.3) is 0 Å². The summed E-state index contributed by atoms with van der Waals surface area (Å²) >= 11 is 0. The molecule has 0 spiro atoms. The lowest BCUT2D eigenvalue weighted by Gasteiger charge is -2.22. The molecule has 0 radical (unpaired) electrons. The number of urea groups is 1. The van der Waals surface area contributed by atoms with E-state index in [1.54, 1.807) is 0 Å². The zero-order chi connectivity index (χ0) is 20.3. The molecule has 0 unspecified atom stereocenters. The Hall–Kier alpha value is -2.74. The summed E-state index contributed by atoms with van der Waals surface area (Å²) < 4.78 is 26.9. The van der Waals surface area contributed by atoms with Gasteiger partial charge in [0, 0.05) is 26.2 Å². The molecule has 0 saturated carbocycles. The van der Waals surface area contributed by atoms with Crippen LogP contribution in [0.2, 0.25) is 0 Å². The van der Waals surface area contributed by atoms with Gasteiger partial charge >= 0.3 is 6.03 Å². The maximum absolute atomic E-state index is 12.7. The summed E-state index contributed by atoms with van der Waals surface area (Å²) in [5.74, 6) is -0.136. The molecule has 2 aromatic rings. The van der Waals surface area contributed by atoms with Gasteiger partial charge in [-0.25, -0.2) is 13.2 Å². The Morgan fingerprint density at radius 1 is 0.931 bits per heavy atom. The van der Waals surface area contributed by atoms with Gasteiger partial charge in [0.05, 0.1) is 22.8 Å². The number of anilines is 3. The molecule has 2 aliphatic heterocycles. The number of benzene rings is 2. The highest BCUT2D eigenvalue weighted by Crippen LogP contribution is 2.30. The smallest absolute Gasteiger partial charge is 0.319 e. The number of sulfonamides is 1. The van der Waals surface area contributed by atoms with Crippen LogP contribution in [0, 0.1) is 0 Å². The molecule has 1 saturated heterocycles. The SMILES string of the molecule is O=C(NCCS(=O)(=O)N1CCc2ccccc21)Nc1ccccc1N1CCCC1. The third-order valence-electron chi connectivity index (χ3n) is 5.42. The van der Waals surface area contributed by atoms with Crippen molar-refractivity contribution in [3.8, 4) is 0 Å². The topological polar surface area (TPSA) is 81.8 Å². The summed E-state index contributed by atoms with van der Waals surface area (Å²) in [6, 6.07) is 14.8. The average Bonchev–Trinajstić information content (AvgIpc) is 3.38. The molecule has 2 amide bonds. The van der Waals surface area contributed by atoms with Gasteiger partial charge < -0.3 is 15.5 Å². The molecule has 2 N–H and O–H groups in total. The summed E-state index contributed by atoms with van der Waals surface area (Å²) in [5, 5.41) is 5.54. The van der Waals surface area contributed by atoms with E-state index in [1.165, 1.54) is 4.31 Å². The van der Waals surface area contributed by atoms with Crippen LogP contribution in [0.1, 0.15) is 18.4 Å². The molecule has 0 bridgehead atoms. The number of fused-ring (bicyclic) bond motifs is 1. The number of rotatable bonds is 6. The minimum absolute atomic E-state index is 0.0543. The zero-order valence-electron chi connectivity index (χ0n) is 16.3. The van der Waals surface area contributed by atoms with Crippen molar-refractivity contribution in [2.24, 2.45) is 0 Å². The lowest BCUT2D eigenvalue weighted by molar-refractivity contribution is 0.252. The van der Waals surface area contributed by atoms with Crippen LogP contribution < -0.4 is 19.8 Å². The van der Waals surface area contributed by atoms with Crippen molar-refractivity contribution in [3.63, 3.8) is 0 Å². The number of hydrogen-bond acceptors (Lipinski definition) is 4. The zero-order valence-corrected chi connectivity index (χ0v) is 17.1.